The van der Waals surface area contributed by atoms with E-state index in [0.717, 1.165) is 12.0 Å². The Hall–Kier alpha value is -1.55. The lowest BCUT2D eigenvalue weighted by atomic mass is 9.98. The van der Waals surface area contributed by atoms with Crippen molar-refractivity contribution in [3.05, 3.63) is 29.8 Å². The highest BCUT2D eigenvalue weighted by atomic mass is 16.6. The van der Waals surface area contributed by atoms with Crippen LogP contribution in [0.2, 0.25) is 0 Å². The van der Waals surface area contributed by atoms with E-state index < -0.39 is 11.7 Å². The number of rotatable bonds is 1. The molecule has 1 atom stereocenters. The molecule has 0 radical (unpaired) electrons. The average molecular weight is 207 g/mol. The number of ether oxygens (including phenoxy) is 2. The number of benzene rings is 1. The number of aryl methyl sites for hydroxylation is 1. The van der Waals surface area contributed by atoms with E-state index in [1.807, 2.05) is 18.2 Å². The number of hydrogen-bond acceptors (Lipinski definition) is 4. The van der Waals surface area contributed by atoms with E-state index >= 15 is 0 Å². The summed E-state index contributed by atoms with van der Waals surface area (Å²) in [7, 11) is 1.31. The molecule has 1 aromatic rings. The van der Waals surface area contributed by atoms with Crippen LogP contribution in [-0.2, 0) is 16.0 Å². The van der Waals surface area contributed by atoms with Gasteiger partial charge in [-0.3, -0.25) is 5.73 Å². The van der Waals surface area contributed by atoms with Gasteiger partial charge in [0.2, 0.25) is 0 Å². The molecule has 0 amide bonds. The summed E-state index contributed by atoms with van der Waals surface area (Å²) in [4.78, 5) is 11.4. The fourth-order valence-electron chi connectivity index (χ4n) is 1.69. The summed E-state index contributed by atoms with van der Waals surface area (Å²) >= 11 is 0. The molecule has 15 heavy (non-hydrogen) atoms. The maximum absolute atomic E-state index is 11.4. The predicted octanol–water partition coefficient (Wildman–Crippen LogP) is 0.840. The zero-order valence-corrected chi connectivity index (χ0v) is 8.53. The van der Waals surface area contributed by atoms with E-state index in [1.54, 1.807) is 6.07 Å². The van der Waals surface area contributed by atoms with Gasteiger partial charge in [-0.2, -0.15) is 0 Å². The van der Waals surface area contributed by atoms with Gasteiger partial charge in [-0.1, -0.05) is 18.2 Å². The van der Waals surface area contributed by atoms with E-state index in [0.29, 0.717) is 12.2 Å². The van der Waals surface area contributed by atoms with Gasteiger partial charge in [0.25, 0.3) is 5.72 Å². The third-order valence-electron chi connectivity index (χ3n) is 2.56. The third kappa shape index (κ3) is 1.68. The van der Waals surface area contributed by atoms with Crippen molar-refractivity contribution in [1.82, 2.24) is 0 Å². The Balaban J connectivity index is 2.28. The molecule has 0 bridgehead atoms. The van der Waals surface area contributed by atoms with Crippen molar-refractivity contribution in [1.29, 1.82) is 0 Å². The molecule has 0 aliphatic carbocycles. The molecule has 1 unspecified atom stereocenters. The van der Waals surface area contributed by atoms with Gasteiger partial charge in [0.15, 0.2) is 0 Å². The molecule has 4 nitrogen and oxygen atoms in total. The van der Waals surface area contributed by atoms with Crippen LogP contribution in [0, 0.1) is 0 Å². The molecule has 0 fully saturated rings. The molecule has 4 heteroatoms. The van der Waals surface area contributed by atoms with Crippen molar-refractivity contribution in [2.24, 2.45) is 5.73 Å². The van der Waals surface area contributed by atoms with Gasteiger partial charge >= 0.3 is 5.97 Å². The van der Waals surface area contributed by atoms with Gasteiger partial charge in [0, 0.05) is 6.42 Å². The topological polar surface area (TPSA) is 61.5 Å². The Morgan fingerprint density at radius 3 is 3.00 bits per heavy atom. The Morgan fingerprint density at radius 2 is 2.27 bits per heavy atom. The first-order chi connectivity index (χ1) is 7.15. The molecule has 0 spiro atoms. The summed E-state index contributed by atoms with van der Waals surface area (Å²) in [5, 5.41) is 0. The number of carbonyl (C=O) groups excluding carboxylic acids is 1. The standard InChI is InChI=1S/C11H13NO3/c1-14-10(13)11(12)7-6-8-4-2-3-5-9(8)15-11/h2-5H,6-7,12H2,1H3. The van der Waals surface area contributed by atoms with E-state index in [1.165, 1.54) is 7.11 Å². The van der Waals surface area contributed by atoms with Crippen molar-refractivity contribution in [3.8, 4) is 5.75 Å². The molecular formula is C11H13NO3. The molecule has 2 N–H and O–H groups in total. The summed E-state index contributed by atoms with van der Waals surface area (Å²) < 4.78 is 10.1. The van der Waals surface area contributed by atoms with Crippen LogP contribution in [0.3, 0.4) is 0 Å². The third-order valence-corrected chi connectivity index (χ3v) is 2.56. The summed E-state index contributed by atoms with van der Waals surface area (Å²) in [6, 6.07) is 7.55. The highest BCUT2D eigenvalue weighted by Crippen LogP contribution is 2.30. The Kier molecular flexibility index (Phi) is 2.36. The molecule has 2 rings (SSSR count). The number of esters is 1. The zero-order chi connectivity index (χ0) is 10.9. The molecule has 0 saturated carbocycles. The molecule has 1 aromatic carbocycles. The first-order valence-corrected chi connectivity index (χ1v) is 4.80. The first kappa shape index (κ1) is 9.98. The highest BCUT2D eigenvalue weighted by molar-refractivity contribution is 5.79. The number of methoxy groups -OCH3 is 1. The fourth-order valence-corrected chi connectivity index (χ4v) is 1.69. The van der Waals surface area contributed by atoms with Crippen LogP contribution in [0.25, 0.3) is 0 Å². The predicted molar refractivity (Wildman–Crippen MR) is 54.3 cm³/mol. The summed E-state index contributed by atoms with van der Waals surface area (Å²) in [5.41, 5.74) is 5.57. The minimum absolute atomic E-state index is 0.441. The van der Waals surface area contributed by atoms with Crippen molar-refractivity contribution < 1.29 is 14.3 Å². The van der Waals surface area contributed by atoms with Crippen LogP contribution in [0.15, 0.2) is 24.3 Å². The monoisotopic (exact) mass is 207 g/mol. The molecule has 0 saturated heterocycles. The number of para-hydroxylation sites is 1. The van der Waals surface area contributed by atoms with E-state index in [2.05, 4.69) is 4.74 Å². The van der Waals surface area contributed by atoms with E-state index in [-0.39, 0.29) is 0 Å². The fraction of sp³-hybridized carbons (Fsp3) is 0.364. The molecule has 1 heterocycles. The zero-order valence-electron chi connectivity index (χ0n) is 8.53. The quantitative estimate of drug-likeness (QED) is 0.693. The summed E-state index contributed by atoms with van der Waals surface area (Å²) in [6.07, 6.45) is 1.17. The van der Waals surface area contributed by atoms with Crippen LogP contribution in [-0.4, -0.2) is 18.8 Å². The first-order valence-electron chi connectivity index (χ1n) is 4.80. The lowest BCUT2D eigenvalue weighted by Crippen LogP contribution is -2.55. The van der Waals surface area contributed by atoms with Crippen LogP contribution in [0.5, 0.6) is 5.75 Å². The molecule has 1 aliphatic rings. The van der Waals surface area contributed by atoms with Crippen LogP contribution in [0.4, 0.5) is 0 Å². The normalized spacial score (nSPS) is 23.9. The minimum atomic E-state index is -1.33. The molecule has 80 valence electrons. The smallest absolute Gasteiger partial charge is 0.365 e. The van der Waals surface area contributed by atoms with Crippen molar-refractivity contribution in [2.75, 3.05) is 7.11 Å². The minimum Gasteiger partial charge on any atom is -0.465 e. The van der Waals surface area contributed by atoms with Gasteiger partial charge < -0.3 is 9.47 Å². The Morgan fingerprint density at radius 1 is 1.53 bits per heavy atom. The number of fused-ring (bicyclic) bond motifs is 1. The second-order valence-electron chi connectivity index (χ2n) is 3.59. The maximum Gasteiger partial charge on any atom is 0.365 e. The van der Waals surface area contributed by atoms with Gasteiger partial charge in [-0.05, 0) is 18.1 Å². The summed E-state index contributed by atoms with van der Waals surface area (Å²) in [5.74, 6) is 0.133. The second kappa shape index (κ2) is 3.55. The number of nitrogens with two attached hydrogens (primary N) is 1. The lowest BCUT2D eigenvalue weighted by Gasteiger charge is -2.32. The lowest BCUT2D eigenvalue weighted by molar-refractivity contribution is -0.160. The van der Waals surface area contributed by atoms with Crippen molar-refractivity contribution >= 4 is 5.97 Å². The maximum atomic E-state index is 11.4. The van der Waals surface area contributed by atoms with Gasteiger partial charge in [-0.25, -0.2) is 4.79 Å². The van der Waals surface area contributed by atoms with Crippen LogP contribution >= 0.6 is 0 Å². The molecule has 1 aliphatic heterocycles. The van der Waals surface area contributed by atoms with E-state index in [4.69, 9.17) is 10.5 Å². The number of carbonyl (C=O) groups is 1. The Bertz CT molecular complexity index is 391. The average Bonchev–Trinajstić information content (AvgIpc) is 2.27. The van der Waals surface area contributed by atoms with Crippen LogP contribution < -0.4 is 10.5 Å². The van der Waals surface area contributed by atoms with Gasteiger partial charge in [-0.15, -0.1) is 0 Å². The largest absolute Gasteiger partial charge is 0.465 e. The van der Waals surface area contributed by atoms with Crippen LogP contribution in [0.1, 0.15) is 12.0 Å². The Labute approximate surface area is 88.0 Å². The van der Waals surface area contributed by atoms with Crippen molar-refractivity contribution in [3.63, 3.8) is 0 Å². The van der Waals surface area contributed by atoms with Gasteiger partial charge in [0.05, 0.1) is 7.11 Å². The highest BCUT2D eigenvalue weighted by Gasteiger charge is 2.40. The molecular weight excluding hydrogens is 194 g/mol. The SMILES string of the molecule is COC(=O)C1(N)CCc2ccccc2O1. The summed E-state index contributed by atoms with van der Waals surface area (Å²) in [6.45, 7) is 0. The second-order valence-corrected chi connectivity index (χ2v) is 3.59. The van der Waals surface area contributed by atoms with Gasteiger partial charge in [0.1, 0.15) is 5.75 Å². The van der Waals surface area contributed by atoms with Crippen molar-refractivity contribution in [2.45, 2.75) is 18.6 Å². The van der Waals surface area contributed by atoms with E-state index in [9.17, 15) is 4.79 Å². The number of hydrogen-bond donors (Lipinski definition) is 1. The molecule has 0 aromatic heterocycles.